The first kappa shape index (κ1) is 11.5. The zero-order valence-electron chi connectivity index (χ0n) is 9.19. The second kappa shape index (κ2) is 5.34. The molecule has 0 saturated carbocycles. The maximum atomic E-state index is 11.5. The number of hydrogen-bond acceptors (Lipinski definition) is 4. The molecule has 1 rings (SSSR count). The maximum absolute atomic E-state index is 11.5. The predicted molar refractivity (Wildman–Crippen MR) is 56.0 cm³/mol. The van der Waals surface area contributed by atoms with E-state index < -0.39 is 5.97 Å². The summed E-state index contributed by atoms with van der Waals surface area (Å²) in [5.41, 5.74) is 0.369. The minimum Gasteiger partial charge on any atom is -0.490 e. The monoisotopic (exact) mass is 209 g/mol. The first-order valence-corrected chi connectivity index (χ1v) is 4.93. The lowest BCUT2D eigenvalue weighted by molar-refractivity contribution is 0.0519. The number of carbonyl (C=O) groups excluding carboxylic acids is 1. The number of rotatable bonds is 4. The van der Waals surface area contributed by atoms with Gasteiger partial charge in [0.05, 0.1) is 12.7 Å². The van der Waals surface area contributed by atoms with Gasteiger partial charge in [-0.1, -0.05) is 0 Å². The minimum absolute atomic E-state index is 0.0144. The molecule has 4 heteroatoms. The molecule has 1 heterocycles. The summed E-state index contributed by atoms with van der Waals surface area (Å²) in [6.45, 7) is 5.90. The Balaban J connectivity index is 2.90. The van der Waals surface area contributed by atoms with E-state index in [1.165, 1.54) is 6.20 Å². The van der Waals surface area contributed by atoms with Gasteiger partial charge in [-0.05, 0) is 26.8 Å². The molecule has 0 radical (unpaired) electrons. The molecule has 0 aliphatic rings. The summed E-state index contributed by atoms with van der Waals surface area (Å²) in [5.74, 6) is 0.111. The smallest absolute Gasteiger partial charge is 0.343 e. The molecule has 1 aromatic heterocycles. The molecule has 15 heavy (non-hydrogen) atoms. The lowest BCUT2D eigenvalue weighted by Gasteiger charge is -2.12. The van der Waals surface area contributed by atoms with Gasteiger partial charge in [0.2, 0.25) is 0 Å². The standard InChI is InChI=1S/C11H15NO3/c1-4-14-11(13)9-7-12-6-5-10(9)15-8(2)3/h5-8H,4H2,1-3H3. The number of nitrogens with zero attached hydrogens (tertiary/aromatic N) is 1. The van der Waals surface area contributed by atoms with Crippen LogP contribution in [-0.4, -0.2) is 23.7 Å². The number of ether oxygens (including phenoxy) is 2. The van der Waals surface area contributed by atoms with E-state index in [1.54, 1.807) is 19.2 Å². The Morgan fingerprint density at radius 1 is 1.53 bits per heavy atom. The first-order chi connectivity index (χ1) is 7.15. The molecule has 82 valence electrons. The average molecular weight is 209 g/mol. The Bertz CT molecular complexity index is 336. The third kappa shape index (κ3) is 3.23. The fraction of sp³-hybridized carbons (Fsp3) is 0.455. The SMILES string of the molecule is CCOC(=O)c1cnccc1OC(C)C. The molecule has 0 aliphatic carbocycles. The molecule has 0 aliphatic heterocycles. The van der Waals surface area contributed by atoms with Gasteiger partial charge in [0.25, 0.3) is 0 Å². The van der Waals surface area contributed by atoms with Crippen LogP contribution in [0.5, 0.6) is 5.75 Å². The molecule has 1 aromatic rings. The van der Waals surface area contributed by atoms with Crippen molar-refractivity contribution in [3.8, 4) is 5.75 Å². The summed E-state index contributed by atoms with van der Waals surface area (Å²) in [4.78, 5) is 15.4. The van der Waals surface area contributed by atoms with Crippen molar-refractivity contribution in [1.82, 2.24) is 4.98 Å². The molecular formula is C11H15NO3. The van der Waals surface area contributed by atoms with Crippen molar-refractivity contribution in [2.45, 2.75) is 26.9 Å². The lowest BCUT2D eigenvalue weighted by atomic mass is 10.2. The molecule has 0 spiro atoms. The van der Waals surface area contributed by atoms with Gasteiger partial charge in [-0.25, -0.2) is 4.79 Å². The van der Waals surface area contributed by atoms with E-state index in [0.29, 0.717) is 17.9 Å². The highest BCUT2D eigenvalue weighted by atomic mass is 16.5. The van der Waals surface area contributed by atoms with Crippen LogP contribution in [0.4, 0.5) is 0 Å². The molecule has 0 bridgehead atoms. The van der Waals surface area contributed by atoms with E-state index >= 15 is 0 Å². The van der Waals surface area contributed by atoms with Crippen molar-refractivity contribution in [2.75, 3.05) is 6.61 Å². The van der Waals surface area contributed by atoms with E-state index in [4.69, 9.17) is 9.47 Å². The summed E-state index contributed by atoms with van der Waals surface area (Å²) >= 11 is 0. The van der Waals surface area contributed by atoms with E-state index in [0.717, 1.165) is 0 Å². The number of aromatic nitrogens is 1. The molecule has 0 unspecified atom stereocenters. The molecule has 0 amide bonds. The highest BCUT2D eigenvalue weighted by molar-refractivity contribution is 5.92. The quantitative estimate of drug-likeness (QED) is 0.712. The molecule has 0 aromatic carbocycles. The van der Waals surface area contributed by atoms with E-state index in [1.807, 2.05) is 13.8 Å². The molecule has 4 nitrogen and oxygen atoms in total. The Morgan fingerprint density at radius 2 is 2.27 bits per heavy atom. The van der Waals surface area contributed by atoms with E-state index in [9.17, 15) is 4.79 Å². The molecular weight excluding hydrogens is 194 g/mol. The van der Waals surface area contributed by atoms with Gasteiger partial charge in [-0.2, -0.15) is 0 Å². The van der Waals surface area contributed by atoms with Crippen LogP contribution >= 0.6 is 0 Å². The van der Waals surface area contributed by atoms with Crippen molar-refractivity contribution < 1.29 is 14.3 Å². The van der Waals surface area contributed by atoms with Crippen LogP contribution in [0, 0.1) is 0 Å². The van der Waals surface area contributed by atoms with Gasteiger partial charge in [-0.3, -0.25) is 4.98 Å². The summed E-state index contributed by atoms with van der Waals surface area (Å²) in [6, 6.07) is 1.66. The van der Waals surface area contributed by atoms with Gasteiger partial charge in [0.1, 0.15) is 11.3 Å². The predicted octanol–water partition coefficient (Wildman–Crippen LogP) is 2.05. The van der Waals surface area contributed by atoms with E-state index in [2.05, 4.69) is 4.98 Å². The summed E-state index contributed by atoms with van der Waals surface area (Å²) in [7, 11) is 0. The van der Waals surface area contributed by atoms with Crippen LogP contribution in [0.25, 0.3) is 0 Å². The van der Waals surface area contributed by atoms with Gasteiger partial charge >= 0.3 is 5.97 Å². The van der Waals surface area contributed by atoms with Gasteiger partial charge < -0.3 is 9.47 Å². The third-order valence-electron chi connectivity index (χ3n) is 1.64. The normalized spacial score (nSPS) is 10.1. The molecule has 0 atom stereocenters. The average Bonchev–Trinajstić information content (AvgIpc) is 2.18. The lowest BCUT2D eigenvalue weighted by Crippen LogP contribution is -2.12. The summed E-state index contributed by atoms with van der Waals surface area (Å²) in [5, 5.41) is 0. The van der Waals surface area contributed by atoms with Crippen molar-refractivity contribution >= 4 is 5.97 Å². The van der Waals surface area contributed by atoms with Crippen LogP contribution in [0.1, 0.15) is 31.1 Å². The third-order valence-corrected chi connectivity index (χ3v) is 1.64. The first-order valence-electron chi connectivity index (χ1n) is 4.93. The molecule has 0 N–H and O–H groups in total. The van der Waals surface area contributed by atoms with Crippen LogP contribution in [-0.2, 0) is 4.74 Å². The zero-order valence-corrected chi connectivity index (χ0v) is 9.19. The highest BCUT2D eigenvalue weighted by Gasteiger charge is 2.14. The Morgan fingerprint density at radius 3 is 2.87 bits per heavy atom. The summed E-state index contributed by atoms with van der Waals surface area (Å²) in [6.07, 6.45) is 3.05. The van der Waals surface area contributed by atoms with Crippen LogP contribution < -0.4 is 4.74 Å². The second-order valence-electron chi connectivity index (χ2n) is 3.26. The maximum Gasteiger partial charge on any atom is 0.343 e. The van der Waals surface area contributed by atoms with Crippen molar-refractivity contribution in [2.24, 2.45) is 0 Å². The molecule has 0 saturated heterocycles. The van der Waals surface area contributed by atoms with E-state index in [-0.39, 0.29) is 6.10 Å². The largest absolute Gasteiger partial charge is 0.490 e. The van der Waals surface area contributed by atoms with Gasteiger partial charge in [0.15, 0.2) is 0 Å². The Hall–Kier alpha value is -1.58. The fourth-order valence-electron chi connectivity index (χ4n) is 1.10. The summed E-state index contributed by atoms with van der Waals surface area (Å²) < 4.78 is 10.4. The van der Waals surface area contributed by atoms with Gasteiger partial charge in [0, 0.05) is 12.4 Å². The molecule has 0 fully saturated rings. The zero-order chi connectivity index (χ0) is 11.3. The Kier molecular flexibility index (Phi) is 4.09. The second-order valence-corrected chi connectivity index (χ2v) is 3.26. The topological polar surface area (TPSA) is 48.4 Å². The number of esters is 1. The van der Waals surface area contributed by atoms with Crippen LogP contribution in [0.2, 0.25) is 0 Å². The van der Waals surface area contributed by atoms with Crippen LogP contribution in [0.15, 0.2) is 18.5 Å². The van der Waals surface area contributed by atoms with Crippen molar-refractivity contribution in [3.05, 3.63) is 24.0 Å². The highest BCUT2D eigenvalue weighted by Crippen LogP contribution is 2.18. The number of hydrogen-bond donors (Lipinski definition) is 0. The number of carbonyl (C=O) groups is 1. The Labute approximate surface area is 89.2 Å². The van der Waals surface area contributed by atoms with Crippen molar-refractivity contribution in [3.63, 3.8) is 0 Å². The fourth-order valence-corrected chi connectivity index (χ4v) is 1.10. The number of pyridine rings is 1. The van der Waals surface area contributed by atoms with Crippen LogP contribution in [0.3, 0.4) is 0 Å². The van der Waals surface area contributed by atoms with Crippen molar-refractivity contribution in [1.29, 1.82) is 0 Å². The van der Waals surface area contributed by atoms with Gasteiger partial charge in [-0.15, -0.1) is 0 Å². The minimum atomic E-state index is -0.402.